The first kappa shape index (κ1) is 19.8. The van der Waals surface area contributed by atoms with Gasteiger partial charge < -0.3 is 0 Å². The fraction of sp³-hybridized carbons (Fsp3) is 0.520. The van der Waals surface area contributed by atoms with Crippen molar-refractivity contribution in [2.75, 3.05) is 0 Å². The Balaban J connectivity index is 2.43. The molecule has 0 atom stereocenters. The number of hydrogen-bond donors (Lipinski definition) is 0. The van der Waals surface area contributed by atoms with Crippen LogP contribution in [0.3, 0.4) is 0 Å². The smallest absolute Gasteiger partial charge is 0.00254 e. The molecule has 0 amide bonds. The van der Waals surface area contributed by atoms with Gasteiger partial charge in [0.25, 0.3) is 0 Å². The van der Waals surface area contributed by atoms with Gasteiger partial charge in [0.2, 0.25) is 0 Å². The average Bonchev–Trinajstić information content (AvgIpc) is 2.52. The van der Waals surface area contributed by atoms with Gasteiger partial charge in [-0.3, -0.25) is 0 Å². The van der Waals surface area contributed by atoms with Crippen LogP contribution in [0.1, 0.15) is 97.9 Å². The van der Waals surface area contributed by atoms with Crippen LogP contribution in [0.4, 0.5) is 0 Å². The molecule has 25 heavy (non-hydrogen) atoms. The Morgan fingerprint density at radius 3 is 1.28 bits per heavy atom. The molecule has 0 aliphatic rings. The Hall–Kier alpha value is -1.56. The lowest BCUT2D eigenvalue weighted by atomic mass is 9.86. The molecule has 0 bridgehead atoms. The van der Waals surface area contributed by atoms with Crippen molar-refractivity contribution in [3.05, 3.63) is 68.8 Å². The number of aryl methyl sites for hydroxylation is 4. The van der Waals surface area contributed by atoms with E-state index in [9.17, 15) is 0 Å². The van der Waals surface area contributed by atoms with Gasteiger partial charge in [0.05, 0.1) is 0 Å². The van der Waals surface area contributed by atoms with Gasteiger partial charge in [-0.1, -0.05) is 65.8 Å². The fourth-order valence-corrected chi connectivity index (χ4v) is 4.58. The summed E-state index contributed by atoms with van der Waals surface area (Å²) in [6.07, 6.45) is 3.28. The van der Waals surface area contributed by atoms with E-state index in [-0.39, 0.29) is 0 Å². The van der Waals surface area contributed by atoms with Gasteiger partial charge in [0.15, 0.2) is 0 Å². The maximum absolute atomic E-state index is 2.44. The topological polar surface area (TPSA) is 0 Å². The van der Waals surface area contributed by atoms with Gasteiger partial charge in [0.1, 0.15) is 0 Å². The highest BCUT2D eigenvalue weighted by atomic mass is 14.2. The summed E-state index contributed by atoms with van der Waals surface area (Å²) in [4.78, 5) is 0. The summed E-state index contributed by atoms with van der Waals surface area (Å²) < 4.78 is 0. The highest BCUT2D eigenvalue weighted by molar-refractivity contribution is 5.45. The predicted molar refractivity (Wildman–Crippen MR) is 112 cm³/mol. The average molecular weight is 337 g/mol. The Kier molecular flexibility index (Phi) is 6.49. The van der Waals surface area contributed by atoms with Crippen LogP contribution >= 0.6 is 0 Å². The van der Waals surface area contributed by atoms with Crippen LogP contribution in [0.15, 0.2) is 24.3 Å². The van der Waals surface area contributed by atoms with Crippen molar-refractivity contribution < 1.29 is 0 Å². The summed E-state index contributed by atoms with van der Waals surface area (Å²) in [7, 11) is 0. The zero-order valence-corrected chi connectivity index (χ0v) is 17.6. The van der Waals surface area contributed by atoms with Gasteiger partial charge >= 0.3 is 0 Å². The van der Waals surface area contributed by atoms with Crippen molar-refractivity contribution in [1.82, 2.24) is 0 Å². The van der Waals surface area contributed by atoms with E-state index in [4.69, 9.17) is 0 Å². The minimum atomic E-state index is 0.600. The minimum absolute atomic E-state index is 0.600. The van der Waals surface area contributed by atoms with E-state index >= 15 is 0 Å². The number of rotatable bonds is 6. The van der Waals surface area contributed by atoms with Gasteiger partial charge in [-0.05, 0) is 89.5 Å². The Labute approximate surface area is 155 Å². The predicted octanol–water partition coefficient (Wildman–Crippen LogP) is 7.27. The third-order valence-corrected chi connectivity index (χ3v) is 5.39. The molecule has 0 nitrogen and oxygen atoms in total. The van der Waals surface area contributed by atoms with Crippen molar-refractivity contribution in [2.45, 2.75) is 86.5 Å². The van der Waals surface area contributed by atoms with Gasteiger partial charge in [0, 0.05) is 0 Å². The molecular formula is C25H36. The molecule has 0 spiro atoms. The van der Waals surface area contributed by atoms with Gasteiger partial charge in [-0.25, -0.2) is 0 Å². The second-order valence-electron chi connectivity index (χ2n) is 8.16. The normalized spacial score (nSPS) is 11.6. The highest BCUT2D eigenvalue weighted by Gasteiger charge is 2.13. The first-order valence-electron chi connectivity index (χ1n) is 10.0. The van der Waals surface area contributed by atoms with Crippen LogP contribution in [0.25, 0.3) is 0 Å². The summed E-state index contributed by atoms with van der Waals surface area (Å²) >= 11 is 0. The molecule has 0 aromatic heterocycles. The van der Waals surface area contributed by atoms with Crippen molar-refractivity contribution in [2.24, 2.45) is 0 Å². The van der Waals surface area contributed by atoms with Crippen molar-refractivity contribution in [3.8, 4) is 0 Å². The highest BCUT2D eigenvalue weighted by Crippen LogP contribution is 2.29. The molecule has 0 heterocycles. The van der Waals surface area contributed by atoms with Crippen molar-refractivity contribution >= 4 is 0 Å². The van der Waals surface area contributed by atoms with Crippen molar-refractivity contribution in [1.29, 1.82) is 0 Å². The Morgan fingerprint density at radius 1 is 0.640 bits per heavy atom. The lowest BCUT2D eigenvalue weighted by Gasteiger charge is -2.19. The molecule has 136 valence electrons. The maximum Gasteiger partial charge on any atom is -0.00254 e. The molecular weight excluding hydrogens is 300 g/mol. The lowest BCUT2D eigenvalue weighted by Crippen LogP contribution is -2.04. The minimum Gasteiger partial charge on any atom is -0.0613 e. The summed E-state index contributed by atoms with van der Waals surface area (Å²) in [5.74, 6) is 1.20. The van der Waals surface area contributed by atoms with Crippen molar-refractivity contribution in [3.63, 3.8) is 0 Å². The lowest BCUT2D eigenvalue weighted by molar-refractivity contribution is 0.828. The van der Waals surface area contributed by atoms with Crippen LogP contribution < -0.4 is 0 Å². The maximum atomic E-state index is 2.44. The molecule has 0 fully saturated rings. The SMILES string of the molecule is CCc1cc(Cc2cc(C)c(C(C)C)c(CC)c2)cc(C)c1C(C)C. The number of hydrogen-bond acceptors (Lipinski definition) is 0. The van der Waals surface area contributed by atoms with Gasteiger partial charge in [-0.15, -0.1) is 0 Å². The number of benzene rings is 2. The first-order chi connectivity index (χ1) is 11.8. The van der Waals surface area contributed by atoms with Crippen LogP contribution in [-0.2, 0) is 19.3 Å². The molecule has 0 aliphatic heterocycles. The van der Waals surface area contributed by atoms with E-state index in [2.05, 4.69) is 79.7 Å². The van der Waals surface area contributed by atoms with E-state index in [1.165, 1.54) is 33.4 Å². The van der Waals surface area contributed by atoms with Crippen LogP contribution in [0.5, 0.6) is 0 Å². The first-order valence-corrected chi connectivity index (χ1v) is 10.0. The Bertz CT molecular complexity index is 669. The van der Waals surface area contributed by atoms with E-state index in [1.54, 1.807) is 11.1 Å². The molecule has 0 saturated heterocycles. The zero-order valence-electron chi connectivity index (χ0n) is 17.6. The summed E-state index contributed by atoms with van der Waals surface area (Å²) in [5.41, 5.74) is 12.0. The standard InChI is InChI=1S/C25H36/c1-9-22-14-20(11-18(7)24(22)16(3)4)13-21-12-19(8)25(17(5)6)23(10-2)15-21/h11-12,14-17H,9-10,13H2,1-8H3. The summed E-state index contributed by atoms with van der Waals surface area (Å²) in [6.45, 7) is 18.4. The van der Waals surface area contributed by atoms with E-state index in [0.29, 0.717) is 11.8 Å². The Morgan fingerprint density at radius 2 is 1.00 bits per heavy atom. The van der Waals surface area contributed by atoms with Crippen LogP contribution in [-0.4, -0.2) is 0 Å². The van der Waals surface area contributed by atoms with Gasteiger partial charge in [-0.2, -0.15) is 0 Å². The molecule has 0 N–H and O–H groups in total. The van der Waals surface area contributed by atoms with E-state index < -0.39 is 0 Å². The molecule has 0 heteroatoms. The zero-order chi connectivity index (χ0) is 18.7. The second-order valence-corrected chi connectivity index (χ2v) is 8.16. The third-order valence-electron chi connectivity index (χ3n) is 5.39. The molecule has 2 aromatic rings. The van der Waals surface area contributed by atoms with E-state index in [1.807, 2.05) is 0 Å². The molecule has 0 saturated carbocycles. The monoisotopic (exact) mass is 336 g/mol. The summed E-state index contributed by atoms with van der Waals surface area (Å²) in [5, 5.41) is 0. The third kappa shape index (κ3) is 4.35. The fourth-order valence-electron chi connectivity index (χ4n) is 4.58. The molecule has 2 aromatic carbocycles. The second kappa shape index (κ2) is 8.21. The quantitative estimate of drug-likeness (QED) is 0.520. The molecule has 2 rings (SSSR count). The summed E-state index contributed by atoms with van der Waals surface area (Å²) in [6, 6.07) is 9.71. The van der Waals surface area contributed by atoms with E-state index in [0.717, 1.165) is 19.3 Å². The molecule has 0 radical (unpaired) electrons. The van der Waals surface area contributed by atoms with Crippen LogP contribution in [0, 0.1) is 13.8 Å². The van der Waals surface area contributed by atoms with Crippen LogP contribution in [0.2, 0.25) is 0 Å². The molecule has 0 unspecified atom stereocenters. The molecule has 0 aliphatic carbocycles. The largest absolute Gasteiger partial charge is 0.0613 e.